The van der Waals surface area contributed by atoms with Crippen LogP contribution in [0.5, 0.6) is 11.5 Å². The number of carbonyl (C=O) groups excluding carboxylic acids is 1. The lowest BCUT2D eigenvalue weighted by atomic mass is 9.49. The zero-order chi connectivity index (χ0) is 18.7. The van der Waals surface area contributed by atoms with Gasteiger partial charge >= 0.3 is 0 Å². The summed E-state index contributed by atoms with van der Waals surface area (Å²) in [6.07, 6.45) is -3.33. The average molecular weight is 318 g/mol. The van der Waals surface area contributed by atoms with E-state index in [1.807, 2.05) is 4.90 Å². The summed E-state index contributed by atoms with van der Waals surface area (Å²) in [6, 6.07) is 2.42. The molecule has 4 aliphatic rings. The topological polar surface area (TPSA) is 59.0 Å². The first kappa shape index (κ1) is 11.0. The van der Waals surface area contributed by atoms with E-state index < -0.39 is 29.5 Å². The molecule has 5 heteroatoms. The van der Waals surface area contributed by atoms with Gasteiger partial charge in [0, 0.05) is 20.8 Å². The van der Waals surface area contributed by atoms with Gasteiger partial charge in [0.05, 0.1) is 19.5 Å². The molecule has 1 unspecified atom stereocenters. The van der Waals surface area contributed by atoms with E-state index in [-0.39, 0.29) is 24.4 Å². The highest BCUT2D eigenvalue weighted by molar-refractivity contribution is 5.90. The molecule has 2 aliphatic carbocycles. The molecular formula is C18H21NO4. The van der Waals surface area contributed by atoms with Crippen molar-refractivity contribution in [1.29, 1.82) is 0 Å². The second-order valence-electron chi connectivity index (χ2n) is 6.98. The first-order chi connectivity index (χ1) is 12.1. The molecule has 122 valence electrons. The van der Waals surface area contributed by atoms with Crippen LogP contribution in [0.3, 0.4) is 0 Å². The lowest BCUT2D eigenvalue weighted by Gasteiger charge is -2.62. The normalized spacial score (nSPS) is 47.9. The number of methoxy groups -OCH3 is 1. The summed E-state index contributed by atoms with van der Waals surface area (Å²) in [5.74, 6) is 0.236. The number of aliphatic hydroxyl groups is 1. The molecule has 5 nitrogen and oxygen atoms in total. The van der Waals surface area contributed by atoms with E-state index in [0.717, 1.165) is 0 Å². The molecular weight excluding hydrogens is 294 g/mol. The molecule has 1 aromatic rings. The van der Waals surface area contributed by atoms with Gasteiger partial charge in [0.15, 0.2) is 23.4 Å². The summed E-state index contributed by atoms with van der Waals surface area (Å²) in [5, 5.41) is 11.9. The Hall–Kier alpha value is -1.59. The van der Waals surface area contributed by atoms with Crippen molar-refractivity contribution in [2.45, 2.75) is 48.8 Å². The van der Waals surface area contributed by atoms with E-state index in [2.05, 4.69) is 0 Å². The zero-order valence-electron chi connectivity index (χ0n) is 16.2. The molecule has 0 aromatic heterocycles. The van der Waals surface area contributed by atoms with Crippen molar-refractivity contribution in [3.63, 3.8) is 0 Å². The minimum absolute atomic E-state index is 0.00614. The van der Waals surface area contributed by atoms with Gasteiger partial charge in [-0.05, 0) is 44.4 Å². The molecule has 23 heavy (non-hydrogen) atoms. The smallest absolute Gasteiger partial charge is 0.174 e. The van der Waals surface area contributed by atoms with Crippen molar-refractivity contribution in [1.82, 2.24) is 4.90 Å². The van der Waals surface area contributed by atoms with Crippen molar-refractivity contribution in [3.8, 4) is 11.5 Å². The van der Waals surface area contributed by atoms with E-state index >= 15 is 0 Å². The lowest BCUT2D eigenvalue weighted by molar-refractivity contribution is -0.185. The Labute approximate surface area is 139 Å². The van der Waals surface area contributed by atoms with E-state index in [4.69, 9.17) is 13.6 Å². The molecule has 1 spiro atoms. The minimum Gasteiger partial charge on any atom is -0.493 e. The molecule has 1 saturated heterocycles. The van der Waals surface area contributed by atoms with E-state index in [0.29, 0.717) is 29.8 Å². The maximum absolute atomic E-state index is 12.9. The maximum Gasteiger partial charge on any atom is 0.174 e. The second-order valence-corrected chi connectivity index (χ2v) is 6.98. The standard InChI is InChI=1S/C18H21NO4/c1-19-8-7-17-14-10-3-4-12(22-2)15(14)23-16(17)11(20)5-6-18(17,21)13(19)9-10/h3-4,13,16,21H,5-9H2,1-2H3/t13-,16?,17+,18-/m1/s1/i9D2,16D. The molecule has 2 aliphatic heterocycles. The molecule has 1 aromatic carbocycles. The average Bonchev–Trinajstić information content (AvgIpc) is 2.86. The third-order valence-corrected chi connectivity index (χ3v) is 6.11. The van der Waals surface area contributed by atoms with Crippen LogP contribution in [0.2, 0.25) is 0 Å². The van der Waals surface area contributed by atoms with Crippen LogP contribution in [-0.4, -0.2) is 54.2 Å². The first-order valence-corrected chi connectivity index (χ1v) is 8.02. The molecule has 1 N–H and O–H groups in total. The largest absolute Gasteiger partial charge is 0.493 e. The first-order valence-electron chi connectivity index (χ1n) is 9.52. The van der Waals surface area contributed by atoms with Crippen molar-refractivity contribution in [2.75, 3.05) is 20.7 Å². The fraction of sp³-hybridized carbons (Fsp3) is 0.611. The van der Waals surface area contributed by atoms with Crippen LogP contribution in [0.15, 0.2) is 12.1 Å². The third kappa shape index (κ3) is 1.32. The monoisotopic (exact) mass is 318 g/mol. The Morgan fingerprint density at radius 3 is 3.13 bits per heavy atom. The van der Waals surface area contributed by atoms with Crippen molar-refractivity contribution < 1.29 is 23.5 Å². The summed E-state index contributed by atoms with van der Waals surface area (Å²) >= 11 is 0. The summed E-state index contributed by atoms with van der Waals surface area (Å²) in [6.45, 7) is 0.472. The number of Topliss-reactive ketones (excluding diaryl/α,β-unsaturated/α-hetero) is 1. The predicted molar refractivity (Wildman–Crippen MR) is 83.0 cm³/mol. The Kier molecular flexibility index (Phi) is 1.96. The number of hydrogen-bond donors (Lipinski definition) is 1. The maximum atomic E-state index is 12.9. The van der Waals surface area contributed by atoms with Crippen LogP contribution in [0.25, 0.3) is 0 Å². The Balaban J connectivity index is 1.96. The van der Waals surface area contributed by atoms with Gasteiger partial charge in [-0.3, -0.25) is 4.79 Å². The number of likely N-dealkylation sites (N-methyl/N-ethyl adjacent to an activating group) is 1. The van der Waals surface area contributed by atoms with Gasteiger partial charge in [0.1, 0.15) is 0 Å². The van der Waals surface area contributed by atoms with E-state index in [9.17, 15) is 9.90 Å². The van der Waals surface area contributed by atoms with Crippen LogP contribution in [0.4, 0.5) is 0 Å². The van der Waals surface area contributed by atoms with Gasteiger partial charge in [-0.1, -0.05) is 6.07 Å². The second kappa shape index (κ2) is 4.08. The molecule has 1 saturated carbocycles. The van der Waals surface area contributed by atoms with Gasteiger partial charge < -0.3 is 19.5 Å². The molecule has 2 heterocycles. The number of benzene rings is 1. The van der Waals surface area contributed by atoms with Crippen LogP contribution in [-0.2, 0) is 16.6 Å². The Bertz CT molecular complexity index is 861. The quantitative estimate of drug-likeness (QED) is 0.839. The molecule has 2 bridgehead atoms. The van der Waals surface area contributed by atoms with Crippen LogP contribution in [0, 0.1) is 0 Å². The summed E-state index contributed by atoms with van der Waals surface area (Å²) in [5.41, 5.74) is -2.00. The zero-order valence-corrected chi connectivity index (χ0v) is 13.2. The molecule has 0 radical (unpaired) electrons. The van der Waals surface area contributed by atoms with Crippen LogP contribution in [0.1, 0.15) is 34.5 Å². The highest BCUT2D eigenvalue weighted by Crippen LogP contribution is 2.64. The van der Waals surface area contributed by atoms with Gasteiger partial charge in [-0.2, -0.15) is 0 Å². The highest BCUT2D eigenvalue weighted by atomic mass is 16.5. The van der Waals surface area contributed by atoms with Gasteiger partial charge in [0.25, 0.3) is 0 Å². The number of hydrogen-bond acceptors (Lipinski definition) is 5. The SMILES string of the molecule is [2H]C1([2H])c2ccc(OC)c3c2[C@]24CCN(C)[C@H]1[C@]2(O)CCC(=O)C4([2H])O3. The van der Waals surface area contributed by atoms with Crippen LogP contribution < -0.4 is 9.47 Å². The number of piperidine rings is 1. The Morgan fingerprint density at radius 1 is 1.52 bits per heavy atom. The number of ketones is 1. The minimum atomic E-state index is -1.96. The molecule has 2 fully saturated rings. The highest BCUT2D eigenvalue weighted by Gasteiger charge is 2.72. The van der Waals surface area contributed by atoms with Crippen molar-refractivity contribution in [2.24, 2.45) is 0 Å². The fourth-order valence-corrected chi connectivity index (χ4v) is 5.05. The van der Waals surface area contributed by atoms with E-state index in [1.54, 1.807) is 19.2 Å². The number of likely N-dealkylation sites (tertiary alicyclic amines) is 1. The number of rotatable bonds is 1. The predicted octanol–water partition coefficient (Wildman–Crippen LogP) is 1.05. The summed E-state index contributed by atoms with van der Waals surface area (Å²) < 4.78 is 38.0. The molecule has 5 rings (SSSR count). The Morgan fingerprint density at radius 2 is 2.35 bits per heavy atom. The molecule has 4 atom stereocenters. The number of ether oxygens (including phenoxy) is 2. The number of nitrogens with zero attached hydrogens (tertiary/aromatic N) is 1. The van der Waals surface area contributed by atoms with Gasteiger partial charge in [-0.25, -0.2) is 0 Å². The lowest BCUT2D eigenvalue weighted by Crippen LogP contribution is -2.76. The van der Waals surface area contributed by atoms with Gasteiger partial charge in [0.2, 0.25) is 0 Å². The van der Waals surface area contributed by atoms with E-state index in [1.165, 1.54) is 7.11 Å². The summed E-state index contributed by atoms with van der Waals surface area (Å²) in [7, 11) is 3.27. The van der Waals surface area contributed by atoms with Crippen molar-refractivity contribution in [3.05, 3.63) is 23.3 Å². The summed E-state index contributed by atoms with van der Waals surface area (Å²) in [4.78, 5) is 14.7. The van der Waals surface area contributed by atoms with Crippen LogP contribution >= 0.6 is 0 Å². The fourth-order valence-electron chi connectivity index (χ4n) is 5.05. The molecule has 0 amide bonds. The van der Waals surface area contributed by atoms with Crippen molar-refractivity contribution >= 4 is 5.78 Å². The third-order valence-electron chi connectivity index (χ3n) is 6.11. The number of carbonyl (C=O) groups is 1. The van der Waals surface area contributed by atoms with Gasteiger partial charge in [-0.15, -0.1) is 0 Å².